The van der Waals surface area contributed by atoms with Crippen molar-refractivity contribution in [2.45, 2.75) is 40.8 Å². The summed E-state index contributed by atoms with van der Waals surface area (Å²) in [4.78, 5) is 151. The number of aromatic nitrogens is 6. The molecule has 2 aromatic heterocycles. The highest BCUT2D eigenvalue weighted by Crippen LogP contribution is 2.22. The summed E-state index contributed by atoms with van der Waals surface area (Å²) in [6.07, 6.45) is -5.51. The van der Waals surface area contributed by atoms with Crippen LogP contribution >= 0.6 is 0 Å². The molecule has 7 N–H and O–H groups in total. The van der Waals surface area contributed by atoms with Crippen LogP contribution in [0.3, 0.4) is 0 Å². The number of rotatable bonds is 21. The lowest BCUT2D eigenvalue weighted by Crippen LogP contribution is -2.58. The third-order valence-electron chi connectivity index (χ3n) is 10.5. The molecule has 0 fully saturated rings. The number of aryl methyl sites for hydroxylation is 3. The summed E-state index contributed by atoms with van der Waals surface area (Å²) in [6, 6.07) is 13.2. The van der Waals surface area contributed by atoms with Crippen molar-refractivity contribution in [1.29, 1.82) is 0 Å². The van der Waals surface area contributed by atoms with E-state index in [2.05, 4.69) is 61.1 Å². The van der Waals surface area contributed by atoms with Gasteiger partial charge >= 0.3 is 70.7 Å². The first-order chi connectivity index (χ1) is 38.7. The molecule has 438 valence electrons. The molecule has 0 unspecified atom stereocenters. The minimum Gasteiger partial charge on any atom is -0.453 e. The number of hydrogen-bond acceptors (Lipinski definition) is 23. The third kappa shape index (κ3) is 17.1. The molecule has 0 atom stereocenters. The number of alkyl carbamates (subject to hydrolysis) is 3. The summed E-state index contributed by atoms with van der Waals surface area (Å²) in [5.74, 6) is 0. The van der Waals surface area contributed by atoms with Gasteiger partial charge in [0.05, 0.1) is 37.0 Å². The molecule has 3 aromatic carbocycles. The molecule has 0 bridgehead atoms. The van der Waals surface area contributed by atoms with E-state index in [9.17, 15) is 57.5 Å². The first kappa shape index (κ1) is 63.3. The van der Waals surface area contributed by atoms with Crippen LogP contribution in [-0.2, 0) is 67.4 Å². The monoisotopic (exact) mass is 1140 g/mol. The van der Waals surface area contributed by atoms with E-state index in [4.69, 9.17) is 23.7 Å². The molecule has 81 heavy (non-hydrogen) atoms. The molecular formula is C46H57N13O22. The van der Waals surface area contributed by atoms with Gasteiger partial charge in [-0.3, -0.25) is 16.1 Å². The van der Waals surface area contributed by atoms with E-state index in [1.54, 1.807) is 39.0 Å². The van der Waals surface area contributed by atoms with Gasteiger partial charge in [-0.1, -0.05) is 18.2 Å². The fraction of sp³-hybridized carbons (Fsp3) is 0.348. The Hall–Kier alpha value is -10.3. The number of nitrogens with zero attached hydrogens (tertiary/aromatic N) is 6. The van der Waals surface area contributed by atoms with Gasteiger partial charge < -0.3 is 63.3 Å². The van der Waals surface area contributed by atoms with Gasteiger partial charge in [-0.15, -0.1) is 0 Å². The summed E-state index contributed by atoms with van der Waals surface area (Å²) in [7, 11) is 7.46. The van der Waals surface area contributed by atoms with Crippen LogP contribution in [0.2, 0.25) is 0 Å². The van der Waals surface area contributed by atoms with Gasteiger partial charge in [0, 0.05) is 39.8 Å². The second-order valence-corrected chi connectivity index (χ2v) is 15.8. The molecule has 6 amide bonds. The van der Waals surface area contributed by atoms with Gasteiger partial charge in [0.2, 0.25) is 0 Å². The molecule has 2 heterocycles. The van der Waals surface area contributed by atoms with Crippen molar-refractivity contribution in [2.75, 3.05) is 85.9 Å². The summed E-state index contributed by atoms with van der Waals surface area (Å²) in [5, 5.41) is 11.4. The Balaban J connectivity index is 0.000000391. The summed E-state index contributed by atoms with van der Waals surface area (Å²) in [6.45, 7) is 1.60. The first-order valence-electron chi connectivity index (χ1n) is 23.0. The maximum absolute atomic E-state index is 14.2. The maximum Gasteiger partial charge on any atom is 0.428 e. The highest BCUT2D eigenvalue weighted by atomic mass is 16.7. The van der Waals surface area contributed by atoms with Crippen molar-refractivity contribution in [3.63, 3.8) is 0 Å². The lowest BCUT2D eigenvalue weighted by Gasteiger charge is -2.18. The fourth-order valence-corrected chi connectivity index (χ4v) is 6.46. The average molecular weight is 1140 g/mol. The number of carbonyl (C=O) groups excluding carboxylic acids is 6. The predicted octanol–water partition coefficient (Wildman–Crippen LogP) is 0.113. The minimum atomic E-state index is -1.18. The van der Waals surface area contributed by atoms with Crippen LogP contribution in [0.4, 0.5) is 45.8 Å². The zero-order chi connectivity index (χ0) is 59.9. The van der Waals surface area contributed by atoms with Crippen LogP contribution in [0.1, 0.15) is 16.7 Å². The Morgan fingerprint density at radius 1 is 0.383 bits per heavy atom. The SMILES string of the molecule is COCOC(=O)NCn1c(=O)n(CNC(=O)OC)c(=O)n(CNC(=O)OCOC)c1=O.COCOC(=O)NNc1cc(-n2c(=O)n(-c3ccc(C)c(NC(=O)OC)c3)c(=O)n(-c3ccc(C)c(NC(=O)OCOC)c3)c2=O)ccc1C. The Morgan fingerprint density at radius 2 is 0.691 bits per heavy atom. The molecule has 0 saturated carbocycles. The second kappa shape index (κ2) is 30.6. The second-order valence-electron chi connectivity index (χ2n) is 15.8. The van der Waals surface area contributed by atoms with E-state index in [1.807, 2.05) is 0 Å². The van der Waals surface area contributed by atoms with E-state index >= 15 is 0 Å². The van der Waals surface area contributed by atoms with Crippen molar-refractivity contribution < 1.29 is 76.1 Å². The topological polar surface area (TPSA) is 411 Å². The first-order valence-corrected chi connectivity index (χ1v) is 23.0. The van der Waals surface area contributed by atoms with Crippen LogP contribution in [0.25, 0.3) is 17.1 Å². The van der Waals surface area contributed by atoms with E-state index in [1.165, 1.54) is 71.9 Å². The number of benzene rings is 3. The predicted molar refractivity (Wildman–Crippen MR) is 278 cm³/mol. The van der Waals surface area contributed by atoms with Gasteiger partial charge in [-0.25, -0.2) is 90.4 Å². The number of carbonyl (C=O) groups is 6. The molecule has 0 spiro atoms. The molecule has 0 radical (unpaired) electrons. The molecule has 5 aromatic rings. The summed E-state index contributed by atoms with van der Waals surface area (Å²) < 4.78 is 50.0. The molecule has 35 heteroatoms. The number of ether oxygens (including phenoxy) is 10. The van der Waals surface area contributed by atoms with Crippen molar-refractivity contribution >= 4 is 53.6 Å². The maximum atomic E-state index is 14.2. The average Bonchev–Trinajstić information content (AvgIpc) is 3.62. The van der Waals surface area contributed by atoms with E-state index in [0.29, 0.717) is 30.4 Å². The number of anilines is 3. The highest BCUT2D eigenvalue weighted by molar-refractivity contribution is 5.87. The van der Waals surface area contributed by atoms with Crippen LogP contribution < -0.4 is 71.6 Å². The Bertz CT molecular complexity index is 3410. The normalized spacial score (nSPS) is 10.4. The van der Waals surface area contributed by atoms with Crippen LogP contribution in [0.15, 0.2) is 83.4 Å². The van der Waals surface area contributed by atoms with E-state index in [-0.39, 0.29) is 61.3 Å². The van der Waals surface area contributed by atoms with Gasteiger partial charge in [-0.05, 0) is 73.9 Å². The van der Waals surface area contributed by atoms with Crippen molar-refractivity contribution in [1.82, 2.24) is 48.8 Å². The summed E-state index contributed by atoms with van der Waals surface area (Å²) in [5.41, 5.74) is 0.769. The van der Waals surface area contributed by atoms with Gasteiger partial charge in [0.1, 0.15) is 20.0 Å². The Labute approximate surface area is 455 Å². The minimum absolute atomic E-state index is 0.00104. The molecule has 0 saturated heterocycles. The number of nitrogens with one attached hydrogen (secondary N) is 7. The standard InChI is InChI=1S/C32H35N7O11.C14H22N6O11/c1-18-7-10-21(13-24(18)33-27(40)48-6)37-30(43)38(22-11-8-19(2)25(14-22)34-28(41)49-16-46-4)32(45)39(31(37)44)23-12-9-20(3)26(15-23)35-36-29(42)50-17-47-5;1-27-7-30-10(22)16-5-19-12(24)18(4-15-9(21)29-3)13(25)20(14(19)26)6-17-11(23)31-8-28-2/h7-15,35H,16-17H2,1-6H3,(H,33,40)(H,34,41)(H,36,42);4-8H2,1-3H3,(H,15,21)(H,16,22)(H,17,23). The number of methoxy groups -OCH3 is 6. The molecular weight excluding hydrogens is 1090 g/mol. The highest BCUT2D eigenvalue weighted by Gasteiger charge is 2.23. The molecule has 35 nitrogen and oxygen atoms in total. The Kier molecular flexibility index (Phi) is 23.9. The van der Waals surface area contributed by atoms with Crippen LogP contribution in [0, 0.1) is 20.8 Å². The van der Waals surface area contributed by atoms with Crippen molar-refractivity contribution in [3.8, 4) is 17.1 Å². The van der Waals surface area contributed by atoms with E-state index < -0.39 is 90.7 Å². The smallest absolute Gasteiger partial charge is 0.428 e. The third-order valence-corrected chi connectivity index (χ3v) is 10.5. The quantitative estimate of drug-likeness (QED) is 0.0291. The zero-order valence-electron chi connectivity index (χ0n) is 44.8. The van der Waals surface area contributed by atoms with Crippen molar-refractivity contribution in [3.05, 3.63) is 134 Å². The molecule has 0 aliphatic heterocycles. The number of hydrazine groups is 1. The molecule has 0 aliphatic rings. The zero-order valence-corrected chi connectivity index (χ0v) is 44.8. The Morgan fingerprint density at radius 3 is 1.05 bits per heavy atom. The molecule has 0 aliphatic carbocycles. The largest absolute Gasteiger partial charge is 0.453 e. The lowest BCUT2D eigenvalue weighted by molar-refractivity contribution is 0.0108. The van der Waals surface area contributed by atoms with Gasteiger partial charge in [-0.2, -0.15) is 0 Å². The number of amides is 6. The van der Waals surface area contributed by atoms with E-state index in [0.717, 1.165) is 20.8 Å². The van der Waals surface area contributed by atoms with Gasteiger partial charge in [0.15, 0.2) is 27.2 Å². The number of hydrogen-bond donors (Lipinski definition) is 7. The summed E-state index contributed by atoms with van der Waals surface area (Å²) >= 11 is 0. The van der Waals surface area contributed by atoms with Crippen LogP contribution in [-0.4, -0.2) is 134 Å². The fourth-order valence-electron chi connectivity index (χ4n) is 6.46. The van der Waals surface area contributed by atoms with Gasteiger partial charge in [0.25, 0.3) is 0 Å². The van der Waals surface area contributed by atoms with Crippen LogP contribution in [0.5, 0.6) is 0 Å². The lowest BCUT2D eigenvalue weighted by atomic mass is 10.1. The van der Waals surface area contributed by atoms with Crippen molar-refractivity contribution in [2.24, 2.45) is 0 Å². The molecule has 5 rings (SSSR count).